The number of likely N-dealkylation sites (tertiary alicyclic amines) is 1. The van der Waals surface area contributed by atoms with E-state index in [0.717, 1.165) is 57.1 Å². The van der Waals surface area contributed by atoms with Crippen LogP contribution in [0.25, 0.3) is 0 Å². The molecule has 0 aliphatic carbocycles. The number of guanidine groups is 1. The number of rotatable bonds is 10. The van der Waals surface area contributed by atoms with E-state index in [0.29, 0.717) is 18.4 Å². The largest absolute Gasteiger partial charge is 0.484 e. The first-order chi connectivity index (χ1) is 14.5. The van der Waals surface area contributed by atoms with E-state index in [2.05, 4.69) is 15.2 Å². The number of likely N-dealkylation sites (N-methyl/N-ethyl adjacent to an activating group) is 1. The minimum atomic E-state index is -0.0648. The van der Waals surface area contributed by atoms with Crippen molar-refractivity contribution in [2.24, 2.45) is 4.99 Å². The van der Waals surface area contributed by atoms with Crippen LogP contribution in [0.1, 0.15) is 24.8 Å². The third-order valence-electron chi connectivity index (χ3n) is 5.01. The maximum atomic E-state index is 11.7. The Morgan fingerprint density at radius 3 is 2.65 bits per heavy atom. The second-order valence-electron chi connectivity index (χ2n) is 7.53. The molecule has 1 aromatic rings. The molecule has 0 spiro atoms. The Labute approximate surface area is 203 Å². The second kappa shape index (κ2) is 15.3. The number of ether oxygens (including phenoxy) is 3. The molecule has 0 aromatic heterocycles. The number of aliphatic imine (C=N–C) groups is 1. The van der Waals surface area contributed by atoms with Gasteiger partial charge in [0.1, 0.15) is 5.75 Å². The summed E-state index contributed by atoms with van der Waals surface area (Å²) in [6.45, 7) is 4.01. The monoisotopic (exact) mass is 548 g/mol. The zero-order chi connectivity index (χ0) is 21.8. The van der Waals surface area contributed by atoms with Gasteiger partial charge >= 0.3 is 0 Å². The van der Waals surface area contributed by atoms with Gasteiger partial charge in [0.25, 0.3) is 5.91 Å². The zero-order valence-electron chi connectivity index (χ0n) is 19.1. The average Bonchev–Trinajstić information content (AvgIpc) is 2.76. The molecule has 176 valence electrons. The van der Waals surface area contributed by atoms with Crippen molar-refractivity contribution in [3.8, 4) is 5.75 Å². The third kappa shape index (κ3) is 10.0. The number of nitrogens with one attached hydrogen (secondary N) is 1. The van der Waals surface area contributed by atoms with E-state index in [9.17, 15) is 4.79 Å². The number of nitrogens with zero attached hydrogens (tertiary/aromatic N) is 3. The number of methoxy groups -OCH3 is 1. The van der Waals surface area contributed by atoms with Gasteiger partial charge in [-0.25, -0.2) is 0 Å². The van der Waals surface area contributed by atoms with Gasteiger partial charge in [-0.05, 0) is 37.0 Å². The van der Waals surface area contributed by atoms with E-state index in [-0.39, 0.29) is 36.5 Å². The van der Waals surface area contributed by atoms with Crippen LogP contribution in [-0.2, 0) is 20.8 Å². The summed E-state index contributed by atoms with van der Waals surface area (Å²) in [5, 5.41) is 3.43. The molecule has 0 atom stereocenters. The van der Waals surface area contributed by atoms with Crippen LogP contribution in [0, 0.1) is 0 Å². The molecule has 9 heteroatoms. The van der Waals surface area contributed by atoms with Crippen molar-refractivity contribution in [1.82, 2.24) is 15.1 Å². The number of hydrogen-bond donors (Lipinski definition) is 1. The molecular formula is C22H37IN4O4. The molecule has 1 heterocycles. The van der Waals surface area contributed by atoms with Crippen LogP contribution in [0.2, 0.25) is 0 Å². The summed E-state index contributed by atoms with van der Waals surface area (Å²) in [7, 11) is 6.95. The van der Waals surface area contributed by atoms with E-state index < -0.39 is 0 Å². The molecule has 1 amide bonds. The molecule has 0 bridgehead atoms. The second-order valence-corrected chi connectivity index (χ2v) is 7.53. The molecule has 1 aliphatic heterocycles. The quantitative estimate of drug-likeness (QED) is 0.210. The molecule has 1 saturated heterocycles. The average molecular weight is 548 g/mol. The predicted molar refractivity (Wildman–Crippen MR) is 133 cm³/mol. The Kier molecular flexibility index (Phi) is 13.5. The van der Waals surface area contributed by atoms with Gasteiger partial charge in [-0.1, -0.05) is 12.1 Å². The maximum Gasteiger partial charge on any atom is 0.259 e. The number of carbonyl (C=O) groups excluding carboxylic acids is 1. The van der Waals surface area contributed by atoms with Crippen molar-refractivity contribution >= 4 is 35.8 Å². The minimum absolute atomic E-state index is 0. The number of benzene rings is 1. The molecule has 2 rings (SSSR count). The van der Waals surface area contributed by atoms with Crippen molar-refractivity contribution in [3.05, 3.63) is 29.8 Å². The van der Waals surface area contributed by atoms with Crippen LogP contribution in [0.4, 0.5) is 0 Å². The van der Waals surface area contributed by atoms with E-state index >= 15 is 0 Å². The minimum Gasteiger partial charge on any atom is -0.484 e. The highest BCUT2D eigenvalue weighted by Gasteiger charge is 2.21. The SMILES string of the molecule is CN=C(NCc1cccc(OCC(=O)N(C)C)c1)N1CCC(OCCCOC)CC1.I. The first-order valence-electron chi connectivity index (χ1n) is 10.5. The van der Waals surface area contributed by atoms with Gasteiger partial charge < -0.3 is 29.3 Å². The van der Waals surface area contributed by atoms with Gasteiger partial charge in [0.2, 0.25) is 0 Å². The van der Waals surface area contributed by atoms with Crippen LogP contribution in [0.5, 0.6) is 5.75 Å². The molecule has 31 heavy (non-hydrogen) atoms. The highest BCUT2D eigenvalue weighted by Crippen LogP contribution is 2.16. The Hall–Kier alpha value is -1.59. The summed E-state index contributed by atoms with van der Waals surface area (Å²) in [4.78, 5) is 19.9. The summed E-state index contributed by atoms with van der Waals surface area (Å²) in [5.74, 6) is 1.51. The Morgan fingerprint density at radius 1 is 1.26 bits per heavy atom. The molecule has 1 fully saturated rings. The van der Waals surface area contributed by atoms with E-state index in [1.807, 2.05) is 31.3 Å². The van der Waals surface area contributed by atoms with Crippen molar-refractivity contribution in [2.45, 2.75) is 31.9 Å². The summed E-state index contributed by atoms with van der Waals surface area (Å²) in [6.07, 6.45) is 3.25. The standard InChI is InChI=1S/C22H36N4O4.HI/c1-23-22(26-11-9-19(10-12-26)29-14-6-13-28-4)24-16-18-7-5-8-20(15-18)30-17-21(27)25(2)3;/h5,7-8,15,19H,6,9-14,16-17H2,1-4H3,(H,23,24);1H. The van der Waals surface area contributed by atoms with E-state index in [4.69, 9.17) is 14.2 Å². The molecule has 0 unspecified atom stereocenters. The summed E-state index contributed by atoms with van der Waals surface area (Å²) < 4.78 is 16.6. The number of piperidine rings is 1. The summed E-state index contributed by atoms with van der Waals surface area (Å²) in [5.41, 5.74) is 1.07. The van der Waals surface area contributed by atoms with Gasteiger partial charge in [0.15, 0.2) is 12.6 Å². The number of carbonyl (C=O) groups is 1. The maximum absolute atomic E-state index is 11.7. The Bertz CT molecular complexity index is 679. The van der Waals surface area contributed by atoms with Gasteiger partial charge in [0, 0.05) is 61.1 Å². The van der Waals surface area contributed by atoms with Crippen LogP contribution < -0.4 is 10.1 Å². The van der Waals surface area contributed by atoms with Crippen LogP contribution in [-0.4, -0.2) is 88.9 Å². The van der Waals surface area contributed by atoms with Gasteiger partial charge in [-0.3, -0.25) is 9.79 Å². The highest BCUT2D eigenvalue weighted by molar-refractivity contribution is 14.0. The summed E-state index contributed by atoms with van der Waals surface area (Å²) >= 11 is 0. The molecule has 8 nitrogen and oxygen atoms in total. The van der Waals surface area contributed by atoms with Crippen molar-refractivity contribution in [3.63, 3.8) is 0 Å². The molecular weight excluding hydrogens is 511 g/mol. The van der Waals surface area contributed by atoms with E-state index in [1.54, 1.807) is 21.2 Å². The van der Waals surface area contributed by atoms with Gasteiger partial charge in [-0.15, -0.1) is 24.0 Å². The molecule has 1 aromatic carbocycles. The van der Waals surface area contributed by atoms with Crippen LogP contribution in [0.3, 0.4) is 0 Å². The lowest BCUT2D eigenvalue weighted by atomic mass is 10.1. The molecule has 1 N–H and O–H groups in total. The van der Waals surface area contributed by atoms with Gasteiger partial charge in [-0.2, -0.15) is 0 Å². The van der Waals surface area contributed by atoms with E-state index in [1.165, 1.54) is 4.90 Å². The molecule has 1 aliphatic rings. The molecule has 0 radical (unpaired) electrons. The first kappa shape index (κ1) is 27.4. The van der Waals surface area contributed by atoms with Crippen molar-refractivity contribution in [1.29, 1.82) is 0 Å². The number of amides is 1. The van der Waals surface area contributed by atoms with Crippen molar-refractivity contribution in [2.75, 3.05) is 61.2 Å². The Balaban J connectivity index is 0.00000480. The first-order valence-corrected chi connectivity index (χ1v) is 10.5. The summed E-state index contributed by atoms with van der Waals surface area (Å²) in [6, 6.07) is 7.77. The highest BCUT2D eigenvalue weighted by atomic mass is 127. The van der Waals surface area contributed by atoms with Crippen molar-refractivity contribution < 1.29 is 19.0 Å². The number of halogens is 1. The fourth-order valence-electron chi connectivity index (χ4n) is 3.22. The lowest BCUT2D eigenvalue weighted by molar-refractivity contribution is -0.130. The van der Waals surface area contributed by atoms with Crippen LogP contribution >= 0.6 is 24.0 Å². The third-order valence-corrected chi connectivity index (χ3v) is 5.01. The van der Waals surface area contributed by atoms with Gasteiger partial charge in [0.05, 0.1) is 6.10 Å². The lowest BCUT2D eigenvalue weighted by Gasteiger charge is -2.34. The topological polar surface area (TPSA) is 75.6 Å². The predicted octanol–water partition coefficient (Wildman–Crippen LogP) is 2.36. The fraction of sp³-hybridized carbons (Fsp3) is 0.636. The Morgan fingerprint density at radius 2 is 2.00 bits per heavy atom. The lowest BCUT2D eigenvalue weighted by Crippen LogP contribution is -2.46. The smallest absolute Gasteiger partial charge is 0.259 e. The number of hydrogen-bond acceptors (Lipinski definition) is 5. The molecule has 0 saturated carbocycles. The fourth-order valence-corrected chi connectivity index (χ4v) is 3.22. The van der Waals surface area contributed by atoms with Crippen LogP contribution in [0.15, 0.2) is 29.3 Å². The normalized spacial score (nSPS) is 14.7. The zero-order valence-corrected chi connectivity index (χ0v) is 21.5.